The third kappa shape index (κ3) is 4.58. The van der Waals surface area contributed by atoms with E-state index in [9.17, 15) is 0 Å². The first-order valence-electron chi connectivity index (χ1n) is 9.49. The van der Waals surface area contributed by atoms with Crippen molar-refractivity contribution in [1.82, 2.24) is 10.3 Å². The number of hydrogen-bond donors (Lipinski definition) is 2. The maximum Gasteiger partial charge on any atom is 0.170 e. The molecule has 2 aromatic carbocycles. The Morgan fingerprint density at radius 1 is 1.14 bits per heavy atom. The number of hydrogen-bond acceptors (Lipinski definition) is 4. The molecule has 0 unspecified atom stereocenters. The summed E-state index contributed by atoms with van der Waals surface area (Å²) in [6.07, 6.45) is 3.83. The summed E-state index contributed by atoms with van der Waals surface area (Å²) in [5, 5.41) is 17.9. The van der Waals surface area contributed by atoms with Gasteiger partial charge in [0.1, 0.15) is 0 Å². The van der Waals surface area contributed by atoms with Crippen molar-refractivity contribution in [3.8, 4) is 6.07 Å². The van der Waals surface area contributed by atoms with Gasteiger partial charge in [0.25, 0.3) is 0 Å². The number of anilines is 2. The van der Waals surface area contributed by atoms with Crippen molar-refractivity contribution in [2.45, 2.75) is 18.9 Å². The Kier molecular flexibility index (Phi) is 5.79. The zero-order chi connectivity index (χ0) is 20.2. The van der Waals surface area contributed by atoms with E-state index >= 15 is 0 Å². The van der Waals surface area contributed by atoms with Crippen LogP contribution < -0.4 is 15.5 Å². The van der Waals surface area contributed by atoms with Crippen LogP contribution in [-0.4, -0.2) is 29.2 Å². The number of nitrogens with zero attached hydrogens (tertiary/aromatic N) is 3. The molecule has 1 aliphatic heterocycles. The Bertz CT molecular complexity index is 1070. The number of pyridine rings is 1. The molecule has 7 heteroatoms. The molecule has 0 amide bonds. The highest BCUT2D eigenvalue weighted by Gasteiger charge is 2.21. The molecule has 0 aliphatic carbocycles. The third-order valence-electron chi connectivity index (χ3n) is 5.12. The van der Waals surface area contributed by atoms with Crippen molar-refractivity contribution in [3.05, 3.63) is 65.3 Å². The maximum absolute atomic E-state index is 8.88. The fraction of sp³-hybridized carbons (Fsp3) is 0.227. The number of aromatic nitrogens is 1. The summed E-state index contributed by atoms with van der Waals surface area (Å²) in [6, 6.07) is 17.6. The van der Waals surface area contributed by atoms with Gasteiger partial charge in [-0.05, 0) is 73.6 Å². The second-order valence-corrected chi connectivity index (χ2v) is 7.89. The van der Waals surface area contributed by atoms with Crippen LogP contribution in [0.25, 0.3) is 10.9 Å². The van der Waals surface area contributed by atoms with Gasteiger partial charge in [0.05, 0.1) is 17.1 Å². The average Bonchev–Trinajstić information content (AvgIpc) is 2.74. The predicted octanol–water partition coefficient (Wildman–Crippen LogP) is 4.72. The van der Waals surface area contributed by atoms with Gasteiger partial charge in [0.2, 0.25) is 0 Å². The highest BCUT2D eigenvalue weighted by atomic mass is 35.5. The van der Waals surface area contributed by atoms with Crippen molar-refractivity contribution < 1.29 is 0 Å². The molecule has 2 heterocycles. The molecule has 0 atom stereocenters. The number of nitriles is 1. The van der Waals surface area contributed by atoms with E-state index < -0.39 is 0 Å². The fourth-order valence-corrected chi connectivity index (χ4v) is 4.08. The van der Waals surface area contributed by atoms with Crippen LogP contribution in [0.1, 0.15) is 18.4 Å². The molecular weight excluding hydrogens is 402 g/mol. The number of piperidine rings is 1. The van der Waals surface area contributed by atoms with E-state index in [0.29, 0.717) is 16.7 Å². The topological polar surface area (TPSA) is 64.0 Å². The largest absolute Gasteiger partial charge is 0.371 e. The van der Waals surface area contributed by atoms with Crippen molar-refractivity contribution >= 4 is 51.2 Å². The number of thiocarbonyl (C=S) groups is 1. The van der Waals surface area contributed by atoms with Gasteiger partial charge in [-0.3, -0.25) is 4.98 Å². The Labute approximate surface area is 180 Å². The molecule has 5 nitrogen and oxygen atoms in total. The number of benzene rings is 2. The van der Waals surface area contributed by atoms with E-state index in [1.165, 1.54) is 5.69 Å². The summed E-state index contributed by atoms with van der Waals surface area (Å²) in [5.41, 5.74) is 3.64. The molecule has 2 N–H and O–H groups in total. The van der Waals surface area contributed by atoms with Crippen LogP contribution in [0.15, 0.2) is 54.7 Å². The quantitative estimate of drug-likeness (QED) is 0.597. The minimum atomic E-state index is 0.321. The zero-order valence-electron chi connectivity index (χ0n) is 15.7. The predicted molar refractivity (Wildman–Crippen MR) is 123 cm³/mol. The van der Waals surface area contributed by atoms with Crippen LogP contribution in [0.2, 0.25) is 5.02 Å². The number of nitrogens with one attached hydrogen (secondary N) is 2. The molecule has 29 heavy (non-hydrogen) atoms. The lowest BCUT2D eigenvalue weighted by Crippen LogP contribution is -2.46. The van der Waals surface area contributed by atoms with Gasteiger partial charge in [-0.25, -0.2) is 0 Å². The Hall–Kier alpha value is -2.88. The lowest BCUT2D eigenvalue weighted by atomic mass is 10.0. The molecule has 0 spiro atoms. The molecular formula is C22H20ClN5S. The van der Waals surface area contributed by atoms with Gasteiger partial charge in [-0.1, -0.05) is 11.6 Å². The average molecular weight is 422 g/mol. The van der Waals surface area contributed by atoms with Gasteiger partial charge in [-0.2, -0.15) is 5.26 Å². The molecule has 3 aromatic rings. The number of rotatable bonds is 3. The Morgan fingerprint density at radius 2 is 1.90 bits per heavy atom. The van der Waals surface area contributed by atoms with Crippen molar-refractivity contribution in [1.29, 1.82) is 5.26 Å². The molecule has 0 radical (unpaired) electrons. The van der Waals surface area contributed by atoms with E-state index in [1.54, 1.807) is 12.1 Å². The summed E-state index contributed by atoms with van der Waals surface area (Å²) < 4.78 is 0. The first kappa shape index (κ1) is 19.4. The maximum atomic E-state index is 8.88. The SMILES string of the molecule is N#Cc1ccc(NC(=S)NC2CCN(c3ccnc4ccc(Cl)cc34)CC2)cc1. The first-order chi connectivity index (χ1) is 14.1. The van der Waals surface area contributed by atoms with E-state index in [4.69, 9.17) is 29.1 Å². The fourth-order valence-electron chi connectivity index (χ4n) is 3.63. The van der Waals surface area contributed by atoms with E-state index in [1.807, 2.05) is 36.5 Å². The molecule has 1 aromatic heterocycles. The van der Waals surface area contributed by atoms with Crippen LogP contribution in [0, 0.1) is 11.3 Å². The molecule has 0 bridgehead atoms. The minimum Gasteiger partial charge on any atom is -0.371 e. The zero-order valence-corrected chi connectivity index (χ0v) is 17.3. The number of halogens is 1. The summed E-state index contributed by atoms with van der Waals surface area (Å²) >= 11 is 11.7. The summed E-state index contributed by atoms with van der Waals surface area (Å²) in [5.74, 6) is 0. The highest BCUT2D eigenvalue weighted by Crippen LogP contribution is 2.29. The molecule has 4 rings (SSSR count). The Balaban J connectivity index is 1.35. The molecule has 1 aliphatic rings. The van der Waals surface area contributed by atoms with Crippen molar-refractivity contribution in [3.63, 3.8) is 0 Å². The summed E-state index contributed by atoms with van der Waals surface area (Å²) in [4.78, 5) is 6.83. The number of fused-ring (bicyclic) bond motifs is 1. The molecule has 1 fully saturated rings. The van der Waals surface area contributed by atoms with Crippen LogP contribution in [0.4, 0.5) is 11.4 Å². The van der Waals surface area contributed by atoms with Gasteiger partial charge in [-0.15, -0.1) is 0 Å². The van der Waals surface area contributed by atoms with Crippen molar-refractivity contribution in [2.75, 3.05) is 23.3 Å². The molecule has 146 valence electrons. The normalized spacial score (nSPS) is 14.4. The molecule has 1 saturated heterocycles. The Morgan fingerprint density at radius 3 is 2.62 bits per heavy atom. The van der Waals surface area contributed by atoms with Gasteiger partial charge < -0.3 is 15.5 Å². The monoisotopic (exact) mass is 421 g/mol. The second-order valence-electron chi connectivity index (χ2n) is 7.04. The van der Waals surface area contributed by atoms with E-state index in [-0.39, 0.29) is 0 Å². The minimum absolute atomic E-state index is 0.321. The summed E-state index contributed by atoms with van der Waals surface area (Å²) in [7, 11) is 0. The molecule has 0 saturated carbocycles. The van der Waals surface area contributed by atoms with Crippen LogP contribution in [-0.2, 0) is 0 Å². The first-order valence-corrected chi connectivity index (χ1v) is 10.3. The summed E-state index contributed by atoms with van der Waals surface area (Å²) in [6.45, 7) is 1.87. The lowest BCUT2D eigenvalue weighted by Gasteiger charge is -2.35. The van der Waals surface area contributed by atoms with Crippen LogP contribution in [0.3, 0.4) is 0 Å². The van der Waals surface area contributed by atoms with E-state index in [2.05, 4.69) is 32.7 Å². The third-order valence-corrected chi connectivity index (χ3v) is 5.58. The lowest BCUT2D eigenvalue weighted by molar-refractivity contribution is 0.468. The van der Waals surface area contributed by atoms with Crippen molar-refractivity contribution in [2.24, 2.45) is 0 Å². The highest BCUT2D eigenvalue weighted by molar-refractivity contribution is 7.80. The van der Waals surface area contributed by atoms with Crippen LogP contribution >= 0.6 is 23.8 Å². The standard InChI is InChI=1S/C22H20ClN5S/c23-16-3-6-20-19(13-16)21(7-10-25-20)28-11-8-18(9-12-28)27-22(29)26-17-4-1-15(14-24)2-5-17/h1-7,10,13,18H,8-9,11-12H2,(H2,26,27,29). The van der Waals surface area contributed by atoms with Gasteiger partial charge >= 0.3 is 0 Å². The van der Waals surface area contributed by atoms with Gasteiger partial charge in [0.15, 0.2) is 5.11 Å². The van der Waals surface area contributed by atoms with Crippen LogP contribution in [0.5, 0.6) is 0 Å². The smallest absolute Gasteiger partial charge is 0.170 e. The second kappa shape index (κ2) is 8.64. The van der Waals surface area contributed by atoms with Gasteiger partial charge in [0, 0.05) is 47.1 Å². The van der Waals surface area contributed by atoms with E-state index in [0.717, 1.165) is 47.5 Å².